The van der Waals surface area contributed by atoms with E-state index < -0.39 is 6.10 Å². The normalized spacial score (nSPS) is 12.9. The van der Waals surface area contributed by atoms with Crippen molar-refractivity contribution in [2.24, 2.45) is 0 Å². The second-order valence-corrected chi connectivity index (χ2v) is 6.81. The van der Waals surface area contributed by atoms with Gasteiger partial charge >= 0.3 is 0 Å². The molecule has 27 heavy (non-hydrogen) atoms. The molecule has 0 radical (unpaired) electrons. The fraction of sp³-hybridized carbons (Fsp3) is 0.278. The Bertz CT molecular complexity index is 800. The average Bonchev–Trinajstić information content (AvgIpc) is 3.20. The number of nitrogens with one attached hydrogen (secondary N) is 1. The zero-order valence-electron chi connectivity index (χ0n) is 14.7. The number of hydrogen-bond acceptors (Lipinski definition) is 6. The van der Waals surface area contributed by atoms with E-state index in [2.05, 4.69) is 36.8 Å². The summed E-state index contributed by atoms with van der Waals surface area (Å²) in [5.41, 5.74) is 2.01. The minimum absolute atomic E-state index is 0. The molecule has 0 bridgehead atoms. The van der Waals surface area contributed by atoms with Gasteiger partial charge in [0, 0.05) is 17.1 Å². The van der Waals surface area contributed by atoms with Crippen LogP contribution in [-0.4, -0.2) is 44.6 Å². The first-order valence-electron chi connectivity index (χ1n) is 8.25. The van der Waals surface area contributed by atoms with Gasteiger partial charge in [-0.25, -0.2) is 4.68 Å². The molecule has 7 nitrogen and oxygen atoms in total. The molecule has 0 aliphatic heterocycles. The molecule has 0 aliphatic carbocycles. The van der Waals surface area contributed by atoms with Crippen molar-refractivity contribution in [3.05, 3.63) is 64.9 Å². The van der Waals surface area contributed by atoms with Gasteiger partial charge < -0.3 is 15.2 Å². The van der Waals surface area contributed by atoms with E-state index >= 15 is 0 Å². The Morgan fingerprint density at radius 2 is 1.85 bits per heavy atom. The average molecular weight is 455 g/mol. The first kappa shape index (κ1) is 21.3. The largest absolute Gasteiger partial charge is 0.491 e. The Morgan fingerprint density at radius 1 is 1.15 bits per heavy atom. The van der Waals surface area contributed by atoms with Gasteiger partial charge in [0.05, 0.1) is 5.69 Å². The topological polar surface area (TPSA) is 85.1 Å². The molecule has 144 valence electrons. The van der Waals surface area contributed by atoms with Crippen molar-refractivity contribution in [1.29, 1.82) is 0 Å². The Kier molecular flexibility index (Phi) is 8.18. The molecule has 0 aliphatic rings. The molecular weight excluding hydrogens is 434 g/mol. The van der Waals surface area contributed by atoms with E-state index in [9.17, 15) is 5.11 Å². The lowest BCUT2D eigenvalue weighted by Gasteiger charge is -2.18. The quantitative estimate of drug-likeness (QED) is 0.544. The van der Waals surface area contributed by atoms with E-state index in [0.29, 0.717) is 6.54 Å². The van der Waals surface area contributed by atoms with Crippen LogP contribution in [0.1, 0.15) is 18.5 Å². The Labute approximate surface area is 172 Å². The van der Waals surface area contributed by atoms with E-state index in [1.807, 2.05) is 55.5 Å². The van der Waals surface area contributed by atoms with Crippen molar-refractivity contribution in [2.45, 2.75) is 19.1 Å². The van der Waals surface area contributed by atoms with Crippen LogP contribution in [0.4, 0.5) is 0 Å². The number of nitrogens with zero attached hydrogens (tertiary/aromatic N) is 4. The second kappa shape index (κ2) is 10.4. The van der Waals surface area contributed by atoms with Gasteiger partial charge in [-0.3, -0.25) is 0 Å². The fourth-order valence-corrected chi connectivity index (χ4v) is 2.67. The highest BCUT2D eigenvalue weighted by Gasteiger charge is 2.10. The van der Waals surface area contributed by atoms with Crippen LogP contribution in [0.25, 0.3) is 5.69 Å². The number of benzene rings is 2. The summed E-state index contributed by atoms with van der Waals surface area (Å²) in [6.45, 7) is 2.72. The van der Waals surface area contributed by atoms with Crippen molar-refractivity contribution in [1.82, 2.24) is 25.5 Å². The summed E-state index contributed by atoms with van der Waals surface area (Å²) >= 11 is 3.38. The van der Waals surface area contributed by atoms with Gasteiger partial charge in [0.1, 0.15) is 24.8 Å². The smallest absolute Gasteiger partial charge is 0.143 e. The molecule has 2 N–H and O–H groups in total. The lowest BCUT2D eigenvalue weighted by atomic mass is 10.1. The van der Waals surface area contributed by atoms with Crippen LogP contribution in [0.15, 0.2) is 59.3 Å². The number of tetrazole rings is 1. The minimum Gasteiger partial charge on any atom is -0.491 e. The van der Waals surface area contributed by atoms with Crippen LogP contribution in [0.3, 0.4) is 0 Å². The van der Waals surface area contributed by atoms with Crippen molar-refractivity contribution in [3.8, 4) is 11.4 Å². The standard InChI is InChI=1S/C18H20BrN5O2.ClH/c1-13(14-2-6-16(7-3-14)24-12-21-22-23-24)20-10-17(25)11-26-18-8-4-15(19)5-9-18;/h2-9,12-13,17,20,25H,10-11H2,1H3;1H. The molecule has 3 aromatic rings. The first-order valence-corrected chi connectivity index (χ1v) is 9.04. The summed E-state index contributed by atoms with van der Waals surface area (Å²) < 4.78 is 8.18. The highest BCUT2D eigenvalue weighted by molar-refractivity contribution is 9.10. The summed E-state index contributed by atoms with van der Waals surface area (Å²) in [7, 11) is 0. The zero-order valence-corrected chi connectivity index (χ0v) is 17.1. The Morgan fingerprint density at radius 3 is 2.48 bits per heavy atom. The van der Waals surface area contributed by atoms with Crippen molar-refractivity contribution >= 4 is 28.3 Å². The molecule has 2 unspecified atom stereocenters. The summed E-state index contributed by atoms with van der Waals surface area (Å²) in [6, 6.07) is 15.6. The van der Waals surface area contributed by atoms with Crippen LogP contribution >= 0.6 is 28.3 Å². The van der Waals surface area contributed by atoms with Crippen molar-refractivity contribution in [2.75, 3.05) is 13.2 Å². The summed E-state index contributed by atoms with van der Waals surface area (Å²) in [5, 5.41) is 24.5. The molecule has 0 fully saturated rings. The Balaban J connectivity index is 0.00000261. The van der Waals surface area contributed by atoms with Crippen LogP contribution in [-0.2, 0) is 0 Å². The number of halogens is 2. The van der Waals surface area contributed by atoms with E-state index in [0.717, 1.165) is 21.5 Å². The number of aliphatic hydroxyl groups is 1. The molecule has 2 atom stereocenters. The van der Waals surface area contributed by atoms with E-state index in [1.54, 1.807) is 11.0 Å². The maximum atomic E-state index is 10.1. The summed E-state index contributed by atoms with van der Waals surface area (Å²) in [5.74, 6) is 0.735. The van der Waals surface area contributed by atoms with Gasteiger partial charge in [-0.15, -0.1) is 17.5 Å². The lowest BCUT2D eigenvalue weighted by Crippen LogP contribution is -2.33. The molecule has 0 spiro atoms. The maximum absolute atomic E-state index is 10.1. The maximum Gasteiger partial charge on any atom is 0.143 e. The van der Waals surface area contributed by atoms with Crippen LogP contribution in [0.5, 0.6) is 5.75 Å². The van der Waals surface area contributed by atoms with Gasteiger partial charge in [0.25, 0.3) is 0 Å². The van der Waals surface area contributed by atoms with Crippen LogP contribution in [0, 0.1) is 0 Å². The summed E-state index contributed by atoms with van der Waals surface area (Å²) in [4.78, 5) is 0. The zero-order chi connectivity index (χ0) is 18.4. The minimum atomic E-state index is -0.596. The van der Waals surface area contributed by atoms with E-state index in [4.69, 9.17) is 4.74 Å². The predicted octanol–water partition coefficient (Wildman–Crippen LogP) is 2.94. The predicted molar refractivity (Wildman–Crippen MR) is 108 cm³/mol. The molecule has 1 aromatic heterocycles. The van der Waals surface area contributed by atoms with Crippen molar-refractivity contribution < 1.29 is 9.84 Å². The van der Waals surface area contributed by atoms with Gasteiger partial charge in [-0.1, -0.05) is 28.1 Å². The van der Waals surface area contributed by atoms with E-state index in [-0.39, 0.29) is 25.1 Å². The van der Waals surface area contributed by atoms with Crippen LogP contribution in [0.2, 0.25) is 0 Å². The van der Waals surface area contributed by atoms with Crippen molar-refractivity contribution in [3.63, 3.8) is 0 Å². The first-order chi connectivity index (χ1) is 12.6. The van der Waals surface area contributed by atoms with Crippen LogP contribution < -0.4 is 10.1 Å². The van der Waals surface area contributed by atoms with E-state index in [1.165, 1.54) is 0 Å². The Hall–Kier alpha value is -2.00. The molecule has 3 rings (SSSR count). The molecule has 0 saturated carbocycles. The number of hydrogen-bond donors (Lipinski definition) is 2. The third-order valence-corrected chi connectivity index (χ3v) is 4.45. The molecule has 2 aromatic carbocycles. The van der Waals surface area contributed by atoms with Gasteiger partial charge in [0.15, 0.2) is 0 Å². The number of rotatable bonds is 8. The SMILES string of the molecule is CC(NCC(O)COc1ccc(Br)cc1)c1ccc(-n2cnnn2)cc1.Cl. The lowest BCUT2D eigenvalue weighted by molar-refractivity contribution is 0.104. The number of aromatic nitrogens is 4. The third-order valence-electron chi connectivity index (χ3n) is 3.92. The number of ether oxygens (including phenoxy) is 1. The van der Waals surface area contributed by atoms with Gasteiger partial charge in [0.2, 0.25) is 0 Å². The molecule has 1 heterocycles. The molecule has 0 saturated heterocycles. The second-order valence-electron chi connectivity index (χ2n) is 5.89. The molecule has 9 heteroatoms. The third kappa shape index (κ3) is 6.28. The van der Waals surface area contributed by atoms with Gasteiger partial charge in [-0.05, 0) is 59.3 Å². The highest BCUT2D eigenvalue weighted by Crippen LogP contribution is 2.17. The van der Waals surface area contributed by atoms with Gasteiger partial charge in [-0.2, -0.15) is 0 Å². The molecular formula is C18H21BrClN5O2. The highest BCUT2D eigenvalue weighted by atomic mass is 79.9. The molecule has 0 amide bonds. The number of aliphatic hydroxyl groups excluding tert-OH is 1. The summed E-state index contributed by atoms with van der Waals surface area (Å²) in [6.07, 6.45) is 0.958. The fourth-order valence-electron chi connectivity index (χ4n) is 2.41. The monoisotopic (exact) mass is 453 g/mol.